The third kappa shape index (κ3) is 5.92. The number of ether oxygens (including phenoxy) is 2. The first-order valence-electron chi connectivity index (χ1n) is 11.4. The van der Waals surface area contributed by atoms with Crippen LogP contribution >= 0.6 is 0 Å². The van der Waals surface area contributed by atoms with E-state index in [1.54, 1.807) is 0 Å². The Kier molecular flexibility index (Phi) is 8.68. The lowest BCUT2D eigenvalue weighted by Gasteiger charge is -2.25. The summed E-state index contributed by atoms with van der Waals surface area (Å²) in [6.45, 7) is 5.17. The normalized spacial score (nSPS) is 11.3. The number of anilines is 1. The third-order valence-electron chi connectivity index (χ3n) is 6.07. The molecular formula is C26H28N4O7S. The Hall–Kier alpha value is -4.45. The van der Waals surface area contributed by atoms with Gasteiger partial charge in [0.05, 0.1) is 31.0 Å². The van der Waals surface area contributed by atoms with E-state index in [9.17, 15) is 23.3 Å². The predicted octanol–water partition coefficient (Wildman–Crippen LogP) is 3.88. The molecule has 0 saturated heterocycles. The number of benzene rings is 3. The minimum absolute atomic E-state index is 0.0180. The van der Waals surface area contributed by atoms with Gasteiger partial charge in [-0.15, -0.1) is 0 Å². The van der Waals surface area contributed by atoms with E-state index in [4.69, 9.17) is 9.47 Å². The van der Waals surface area contributed by atoms with Gasteiger partial charge in [0.1, 0.15) is 18.0 Å². The molecule has 3 aromatic carbocycles. The summed E-state index contributed by atoms with van der Waals surface area (Å²) in [5.74, 6) is -0.317. The number of para-hydroxylation sites is 1. The Bertz CT molecular complexity index is 1500. The standard InChI is InChI=1S/C26H28N4O7S/c1-17-10-11-20(19(3)18(17)2)15-27-28-26(31)16-29(22-13-12-21(36-4)14-24(22)37-5)38(34,35)25-9-7-6-8-23(25)30(32)33/h6-15H,16H2,1-5H3,(H,28,31)/b27-15-. The number of methoxy groups -OCH3 is 2. The molecule has 0 fully saturated rings. The van der Waals surface area contributed by atoms with Crippen LogP contribution in [0.3, 0.4) is 0 Å². The van der Waals surface area contributed by atoms with E-state index in [1.807, 2.05) is 32.9 Å². The molecule has 200 valence electrons. The van der Waals surface area contributed by atoms with Crippen molar-refractivity contribution in [3.8, 4) is 11.5 Å². The zero-order valence-corrected chi connectivity index (χ0v) is 22.4. The molecule has 0 bridgehead atoms. The first kappa shape index (κ1) is 28.1. The van der Waals surface area contributed by atoms with Gasteiger partial charge in [0.2, 0.25) is 0 Å². The molecule has 0 saturated carbocycles. The number of nitro benzene ring substituents is 1. The van der Waals surface area contributed by atoms with Gasteiger partial charge in [0.25, 0.3) is 21.6 Å². The molecule has 0 aliphatic carbocycles. The van der Waals surface area contributed by atoms with Crippen LogP contribution in [0.1, 0.15) is 22.3 Å². The summed E-state index contributed by atoms with van der Waals surface area (Å²) in [7, 11) is -1.86. The lowest BCUT2D eigenvalue weighted by molar-refractivity contribution is -0.387. The average Bonchev–Trinajstić information content (AvgIpc) is 2.91. The second-order valence-corrected chi connectivity index (χ2v) is 10.1. The van der Waals surface area contributed by atoms with Crippen molar-refractivity contribution in [1.82, 2.24) is 5.43 Å². The third-order valence-corrected chi connectivity index (χ3v) is 7.87. The quantitative estimate of drug-likeness (QED) is 0.234. The molecule has 0 spiro atoms. The van der Waals surface area contributed by atoms with Crippen LogP contribution in [-0.2, 0) is 14.8 Å². The van der Waals surface area contributed by atoms with Gasteiger partial charge < -0.3 is 9.47 Å². The zero-order valence-electron chi connectivity index (χ0n) is 21.6. The average molecular weight is 541 g/mol. The fourth-order valence-electron chi connectivity index (χ4n) is 3.69. The first-order valence-corrected chi connectivity index (χ1v) is 12.8. The summed E-state index contributed by atoms with van der Waals surface area (Å²) in [5, 5.41) is 15.6. The van der Waals surface area contributed by atoms with Crippen molar-refractivity contribution in [3.63, 3.8) is 0 Å². The molecule has 0 heterocycles. The van der Waals surface area contributed by atoms with Crippen LogP contribution in [0.5, 0.6) is 11.5 Å². The number of amides is 1. The van der Waals surface area contributed by atoms with Crippen molar-refractivity contribution < 1.29 is 27.6 Å². The highest BCUT2D eigenvalue weighted by Crippen LogP contribution is 2.37. The van der Waals surface area contributed by atoms with Crippen molar-refractivity contribution in [2.75, 3.05) is 25.1 Å². The molecule has 3 aromatic rings. The maximum absolute atomic E-state index is 13.7. The van der Waals surface area contributed by atoms with Crippen molar-refractivity contribution in [2.45, 2.75) is 25.7 Å². The van der Waals surface area contributed by atoms with Gasteiger partial charge in [-0.05, 0) is 61.2 Å². The second kappa shape index (κ2) is 11.7. The number of nitrogens with one attached hydrogen (secondary N) is 1. The summed E-state index contributed by atoms with van der Waals surface area (Å²) >= 11 is 0. The van der Waals surface area contributed by atoms with Crippen LogP contribution < -0.4 is 19.2 Å². The van der Waals surface area contributed by atoms with E-state index in [1.165, 1.54) is 50.8 Å². The Morgan fingerprint density at radius 2 is 1.76 bits per heavy atom. The smallest absolute Gasteiger partial charge is 0.289 e. The molecule has 0 aliphatic rings. The number of hydrogen-bond acceptors (Lipinski definition) is 8. The molecule has 11 nitrogen and oxygen atoms in total. The number of hydrogen-bond donors (Lipinski definition) is 1. The Balaban J connectivity index is 2.01. The van der Waals surface area contributed by atoms with Crippen LogP contribution in [0.25, 0.3) is 0 Å². The number of carbonyl (C=O) groups is 1. The van der Waals surface area contributed by atoms with Crippen LogP contribution in [0.15, 0.2) is 64.6 Å². The van der Waals surface area contributed by atoms with Crippen molar-refractivity contribution in [2.24, 2.45) is 5.10 Å². The SMILES string of the molecule is COc1ccc(N(CC(=O)N/N=C\c2ccc(C)c(C)c2C)S(=O)(=O)c2ccccc2[N+](=O)[O-])c(OC)c1. The maximum atomic E-state index is 13.7. The molecule has 0 aromatic heterocycles. The van der Waals surface area contributed by atoms with Gasteiger partial charge in [0, 0.05) is 12.1 Å². The molecule has 1 N–H and O–H groups in total. The van der Waals surface area contributed by atoms with E-state index < -0.39 is 38.0 Å². The Morgan fingerprint density at radius 1 is 1.05 bits per heavy atom. The van der Waals surface area contributed by atoms with E-state index in [0.29, 0.717) is 5.75 Å². The van der Waals surface area contributed by atoms with E-state index >= 15 is 0 Å². The minimum atomic E-state index is -4.61. The second-order valence-electron chi connectivity index (χ2n) is 8.29. The molecule has 0 radical (unpaired) electrons. The summed E-state index contributed by atoms with van der Waals surface area (Å²) in [4.78, 5) is 23.1. The van der Waals surface area contributed by atoms with E-state index in [0.717, 1.165) is 38.7 Å². The molecule has 0 atom stereocenters. The lowest BCUT2D eigenvalue weighted by atomic mass is 10.00. The van der Waals surface area contributed by atoms with Gasteiger partial charge >= 0.3 is 0 Å². The van der Waals surface area contributed by atoms with Crippen molar-refractivity contribution in [3.05, 3.63) is 87.0 Å². The Morgan fingerprint density at radius 3 is 2.42 bits per heavy atom. The highest BCUT2D eigenvalue weighted by molar-refractivity contribution is 7.93. The fourth-order valence-corrected chi connectivity index (χ4v) is 5.28. The number of sulfonamides is 1. The fraction of sp³-hybridized carbons (Fsp3) is 0.231. The van der Waals surface area contributed by atoms with Crippen molar-refractivity contribution in [1.29, 1.82) is 0 Å². The Labute approximate surface area is 220 Å². The van der Waals surface area contributed by atoms with Gasteiger partial charge in [0.15, 0.2) is 4.90 Å². The summed E-state index contributed by atoms with van der Waals surface area (Å²) in [5.41, 5.74) is 5.68. The number of nitrogens with zero attached hydrogens (tertiary/aromatic N) is 3. The first-order chi connectivity index (χ1) is 18.0. The van der Waals surface area contributed by atoms with Crippen LogP contribution in [0.4, 0.5) is 11.4 Å². The van der Waals surface area contributed by atoms with Gasteiger partial charge in [-0.25, -0.2) is 13.8 Å². The number of hydrazone groups is 1. The lowest BCUT2D eigenvalue weighted by Crippen LogP contribution is -2.40. The molecule has 1 amide bonds. The molecule has 0 unspecified atom stereocenters. The number of rotatable bonds is 10. The maximum Gasteiger partial charge on any atom is 0.289 e. The van der Waals surface area contributed by atoms with Crippen molar-refractivity contribution >= 4 is 33.5 Å². The van der Waals surface area contributed by atoms with Crippen LogP contribution in [0.2, 0.25) is 0 Å². The van der Waals surface area contributed by atoms with Gasteiger partial charge in [-0.1, -0.05) is 24.3 Å². The largest absolute Gasteiger partial charge is 0.497 e. The van der Waals surface area contributed by atoms with E-state index in [2.05, 4.69) is 10.5 Å². The summed E-state index contributed by atoms with van der Waals surface area (Å²) < 4.78 is 38.7. The summed E-state index contributed by atoms with van der Waals surface area (Å²) in [6.07, 6.45) is 1.47. The zero-order chi connectivity index (χ0) is 28.0. The molecule has 0 aliphatic heterocycles. The number of nitro groups is 1. The number of aryl methyl sites for hydroxylation is 1. The van der Waals surface area contributed by atoms with Gasteiger partial charge in [-0.2, -0.15) is 5.10 Å². The molecule has 12 heteroatoms. The highest BCUT2D eigenvalue weighted by atomic mass is 32.2. The molecular weight excluding hydrogens is 512 g/mol. The van der Waals surface area contributed by atoms with Crippen LogP contribution in [0, 0.1) is 30.9 Å². The van der Waals surface area contributed by atoms with E-state index in [-0.39, 0.29) is 11.4 Å². The monoisotopic (exact) mass is 540 g/mol. The van der Waals surface area contributed by atoms with Gasteiger partial charge in [-0.3, -0.25) is 19.2 Å². The predicted molar refractivity (Wildman–Crippen MR) is 144 cm³/mol. The highest BCUT2D eigenvalue weighted by Gasteiger charge is 2.34. The molecule has 38 heavy (non-hydrogen) atoms. The summed E-state index contributed by atoms with van der Waals surface area (Å²) in [6, 6.07) is 13.0. The molecule has 3 rings (SSSR count). The number of carbonyl (C=O) groups excluding carboxylic acids is 1. The van der Waals surface area contributed by atoms with Crippen LogP contribution in [-0.4, -0.2) is 46.2 Å². The topological polar surface area (TPSA) is 140 Å². The minimum Gasteiger partial charge on any atom is -0.497 e.